The van der Waals surface area contributed by atoms with E-state index < -0.39 is 0 Å². The molecule has 1 nitrogen and oxygen atoms in total. The Morgan fingerprint density at radius 3 is 2.50 bits per heavy atom. The summed E-state index contributed by atoms with van der Waals surface area (Å²) in [6, 6.07) is 8.11. The van der Waals surface area contributed by atoms with E-state index in [0.717, 1.165) is 24.5 Å². The number of halogens is 1. The van der Waals surface area contributed by atoms with Crippen molar-refractivity contribution >= 4 is 11.6 Å². The summed E-state index contributed by atoms with van der Waals surface area (Å²) in [6.45, 7) is 6.52. The summed E-state index contributed by atoms with van der Waals surface area (Å²) in [5.41, 5.74) is 1.36. The van der Waals surface area contributed by atoms with E-state index in [9.17, 15) is 0 Å². The van der Waals surface area contributed by atoms with Crippen LogP contribution in [0, 0.1) is 5.92 Å². The van der Waals surface area contributed by atoms with Crippen LogP contribution in [0.3, 0.4) is 0 Å². The number of nitrogens with one attached hydrogen (secondary N) is 1. The predicted molar refractivity (Wildman–Crippen MR) is 62.9 cm³/mol. The minimum atomic E-state index is 0.677. The van der Waals surface area contributed by atoms with Crippen molar-refractivity contribution in [2.24, 2.45) is 5.92 Å². The van der Waals surface area contributed by atoms with E-state index in [2.05, 4.69) is 31.3 Å². The molecule has 0 fully saturated rings. The maximum absolute atomic E-state index is 5.82. The van der Waals surface area contributed by atoms with Crippen molar-refractivity contribution in [1.29, 1.82) is 0 Å². The average molecular weight is 212 g/mol. The molecule has 1 atom stereocenters. The Kier molecular flexibility index (Phi) is 4.99. The zero-order valence-corrected chi connectivity index (χ0v) is 9.64. The first-order valence-electron chi connectivity index (χ1n) is 5.17. The topological polar surface area (TPSA) is 12.0 Å². The molecule has 1 aromatic rings. The molecule has 0 aromatic heterocycles. The number of hydrogen-bond donors (Lipinski definition) is 1. The summed E-state index contributed by atoms with van der Waals surface area (Å²) < 4.78 is 0. The number of hydrogen-bond acceptors (Lipinski definition) is 1. The van der Waals surface area contributed by atoms with Crippen LogP contribution in [-0.2, 0) is 6.42 Å². The lowest BCUT2D eigenvalue weighted by Crippen LogP contribution is -2.21. The first kappa shape index (κ1) is 11.5. The van der Waals surface area contributed by atoms with Gasteiger partial charge < -0.3 is 5.32 Å². The maximum atomic E-state index is 5.82. The normalized spacial score (nSPS) is 12.8. The molecule has 1 aromatic carbocycles. The predicted octanol–water partition coefficient (Wildman–Crippen LogP) is 3.13. The Balaban J connectivity index is 2.39. The molecule has 1 rings (SSSR count). The monoisotopic (exact) mass is 211 g/mol. The van der Waals surface area contributed by atoms with Gasteiger partial charge in [-0.1, -0.05) is 37.6 Å². The lowest BCUT2D eigenvalue weighted by atomic mass is 10.0. The van der Waals surface area contributed by atoms with Crippen LogP contribution < -0.4 is 5.32 Å². The highest BCUT2D eigenvalue weighted by atomic mass is 35.5. The molecule has 0 radical (unpaired) electrons. The molecule has 0 spiro atoms. The quantitative estimate of drug-likeness (QED) is 0.789. The highest BCUT2D eigenvalue weighted by Crippen LogP contribution is 2.12. The molecule has 1 unspecified atom stereocenters. The second-order valence-electron chi connectivity index (χ2n) is 3.74. The zero-order chi connectivity index (χ0) is 10.4. The fourth-order valence-electron chi connectivity index (χ4n) is 1.49. The van der Waals surface area contributed by atoms with Crippen molar-refractivity contribution in [2.45, 2.75) is 20.3 Å². The van der Waals surface area contributed by atoms with Gasteiger partial charge in [0, 0.05) is 5.02 Å². The van der Waals surface area contributed by atoms with Crippen LogP contribution in [0.15, 0.2) is 24.3 Å². The van der Waals surface area contributed by atoms with E-state index in [-0.39, 0.29) is 0 Å². The van der Waals surface area contributed by atoms with Gasteiger partial charge in [0.05, 0.1) is 0 Å². The summed E-state index contributed by atoms with van der Waals surface area (Å²) in [4.78, 5) is 0. The van der Waals surface area contributed by atoms with Gasteiger partial charge in [-0.25, -0.2) is 0 Å². The second kappa shape index (κ2) is 6.05. The second-order valence-corrected chi connectivity index (χ2v) is 4.18. The van der Waals surface area contributed by atoms with Crippen LogP contribution in [-0.4, -0.2) is 13.1 Å². The third kappa shape index (κ3) is 4.12. The molecular weight excluding hydrogens is 194 g/mol. The molecule has 0 saturated carbocycles. The van der Waals surface area contributed by atoms with E-state index in [1.807, 2.05) is 12.1 Å². The maximum Gasteiger partial charge on any atom is 0.0406 e. The van der Waals surface area contributed by atoms with Crippen molar-refractivity contribution in [3.05, 3.63) is 34.9 Å². The summed E-state index contributed by atoms with van der Waals surface area (Å²) >= 11 is 5.82. The number of rotatable bonds is 5. The SMILES string of the molecule is CCNCC(C)Cc1ccc(Cl)cc1. The fraction of sp³-hybridized carbons (Fsp3) is 0.500. The summed E-state index contributed by atoms with van der Waals surface area (Å²) in [5, 5.41) is 4.17. The van der Waals surface area contributed by atoms with E-state index in [1.165, 1.54) is 5.56 Å². The molecule has 78 valence electrons. The fourth-order valence-corrected chi connectivity index (χ4v) is 1.61. The van der Waals surface area contributed by atoms with Crippen LogP contribution >= 0.6 is 11.6 Å². The van der Waals surface area contributed by atoms with Gasteiger partial charge in [-0.05, 0) is 43.1 Å². The summed E-state index contributed by atoms with van der Waals surface area (Å²) in [6.07, 6.45) is 1.12. The molecule has 0 aliphatic carbocycles. The van der Waals surface area contributed by atoms with Gasteiger partial charge in [-0.2, -0.15) is 0 Å². The van der Waals surface area contributed by atoms with Gasteiger partial charge in [0.25, 0.3) is 0 Å². The molecule has 0 aliphatic rings. The molecule has 0 amide bonds. The summed E-state index contributed by atoms with van der Waals surface area (Å²) in [7, 11) is 0. The average Bonchev–Trinajstić information content (AvgIpc) is 2.18. The number of benzene rings is 1. The first-order chi connectivity index (χ1) is 6.72. The van der Waals surface area contributed by atoms with Crippen LogP contribution in [0.2, 0.25) is 5.02 Å². The highest BCUT2D eigenvalue weighted by molar-refractivity contribution is 6.30. The Morgan fingerprint density at radius 2 is 1.93 bits per heavy atom. The largest absolute Gasteiger partial charge is 0.317 e. The first-order valence-corrected chi connectivity index (χ1v) is 5.55. The van der Waals surface area contributed by atoms with E-state index in [0.29, 0.717) is 5.92 Å². The van der Waals surface area contributed by atoms with Gasteiger partial charge in [-0.15, -0.1) is 0 Å². The van der Waals surface area contributed by atoms with Crippen LogP contribution in [0.4, 0.5) is 0 Å². The molecule has 0 saturated heterocycles. The third-order valence-electron chi connectivity index (χ3n) is 2.24. The minimum absolute atomic E-state index is 0.677. The van der Waals surface area contributed by atoms with Gasteiger partial charge >= 0.3 is 0 Å². The van der Waals surface area contributed by atoms with Gasteiger partial charge in [0.15, 0.2) is 0 Å². The molecule has 0 heterocycles. The molecule has 2 heteroatoms. The molecule has 0 aliphatic heterocycles. The van der Waals surface area contributed by atoms with E-state index >= 15 is 0 Å². The van der Waals surface area contributed by atoms with Crippen LogP contribution in [0.25, 0.3) is 0 Å². The summed E-state index contributed by atoms with van der Waals surface area (Å²) in [5.74, 6) is 0.677. The molecule has 0 bridgehead atoms. The molecule has 14 heavy (non-hydrogen) atoms. The van der Waals surface area contributed by atoms with Crippen molar-refractivity contribution in [3.8, 4) is 0 Å². The van der Waals surface area contributed by atoms with Crippen LogP contribution in [0.1, 0.15) is 19.4 Å². The van der Waals surface area contributed by atoms with Crippen molar-refractivity contribution < 1.29 is 0 Å². The Morgan fingerprint density at radius 1 is 1.29 bits per heavy atom. The standard InChI is InChI=1S/C12H18ClN/c1-3-14-9-10(2)8-11-4-6-12(13)7-5-11/h4-7,10,14H,3,8-9H2,1-2H3. The molecular formula is C12H18ClN. The third-order valence-corrected chi connectivity index (χ3v) is 2.49. The van der Waals surface area contributed by atoms with E-state index in [4.69, 9.17) is 11.6 Å². The van der Waals surface area contributed by atoms with Gasteiger partial charge in [0.1, 0.15) is 0 Å². The Bertz CT molecular complexity index is 256. The molecule has 1 N–H and O–H groups in total. The smallest absolute Gasteiger partial charge is 0.0406 e. The zero-order valence-electron chi connectivity index (χ0n) is 8.89. The van der Waals surface area contributed by atoms with E-state index in [1.54, 1.807) is 0 Å². The lowest BCUT2D eigenvalue weighted by molar-refractivity contribution is 0.521. The van der Waals surface area contributed by atoms with Gasteiger partial charge in [0.2, 0.25) is 0 Å². The van der Waals surface area contributed by atoms with Crippen molar-refractivity contribution in [2.75, 3.05) is 13.1 Å². The lowest BCUT2D eigenvalue weighted by Gasteiger charge is -2.11. The van der Waals surface area contributed by atoms with Crippen molar-refractivity contribution in [3.63, 3.8) is 0 Å². The van der Waals surface area contributed by atoms with Gasteiger partial charge in [-0.3, -0.25) is 0 Å². The Labute approximate surface area is 91.5 Å². The Hall–Kier alpha value is -0.530. The minimum Gasteiger partial charge on any atom is -0.317 e. The van der Waals surface area contributed by atoms with Crippen LogP contribution in [0.5, 0.6) is 0 Å². The highest BCUT2D eigenvalue weighted by Gasteiger charge is 2.02. The van der Waals surface area contributed by atoms with Crippen molar-refractivity contribution in [1.82, 2.24) is 5.32 Å².